The molecule has 2 amide bonds. The zero-order valence-corrected chi connectivity index (χ0v) is 19.9. The van der Waals surface area contributed by atoms with Gasteiger partial charge in [0.05, 0.1) is 16.6 Å². The third-order valence-corrected chi connectivity index (χ3v) is 4.98. The molecule has 0 heterocycles. The molecular weight excluding hydrogens is 473 g/mol. The molecule has 0 aliphatic heterocycles. The van der Waals surface area contributed by atoms with Crippen LogP contribution in [-0.4, -0.2) is 31.2 Å². The Kier molecular flexibility index (Phi) is 11.9. The fraction of sp³-hybridized carbons (Fsp3) is 0.160. The van der Waals surface area contributed by atoms with E-state index in [4.69, 9.17) is 28.9 Å². The van der Waals surface area contributed by atoms with Gasteiger partial charge in [-0.05, 0) is 36.1 Å². The van der Waals surface area contributed by atoms with Gasteiger partial charge in [-0.25, -0.2) is 19.6 Å². The van der Waals surface area contributed by atoms with Gasteiger partial charge in [-0.3, -0.25) is 5.32 Å². The fourth-order valence-corrected chi connectivity index (χ4v) is 3.23. The zero-order valence-electron chi connectivity index (χ0n) is 18.4. The van der Waals surface area contributed by atoms with Gasteiger partial charge in [0.2, 0.25) is 12.0 Å². The minimum absolute atomic E-state index is 0.0859. The van der Waals surface area contributed by atoms with E-state index >= 15 is 0 Å². The van der Waals surface area contributed by atoms with Crippen molar-refractivity contribution in [3.05, 3.63) is 100 Å². The van der Waals surface area contributed by atoms with Crippen molar-refractivity contribution < 1.29 is 9.59 Å². The molecule has 0 bridgehead atoms. The van der Waals surface area contributed by atoms with Crippen LogP contribution in [0.15, 0.2) is 88.8 Å². The Morgan fingerprint density at radius 3 is 1.97 bits per heavy atom. The van der Waals surface area contributed by atoms with Gasteiger partial charge in [0.25, 0.3) is 0 Å². The van der Waals surface area contributed by atoms with E-state index in [9.17, 15) is 9.59 Å². The average molecular weight is 498 g/mol. The lowest BCUT2D eigenvalue weighted by molar-refractivity contribution is 0.245. The number of carbonyl (C=O) groups is 1. The zero-order chi connectivity index (χ0) is 24.6. The van der Waals surface area contributed by atoms with Gasteiger partial charge in [0.15, 0.2) is 0 Å². The third-order valence-electron chi connectivity index (χ3n) is 4.37. The Bertz CT molecular complexity index is 1100. The first-order valence-electron chi connectivity index (χ1n) is 10.4. The van der Waals surface area contributed by atoms with Crippen molar-refractivity contribution in [2.75, 3.05) is 13.1 Å². The molecule has 0 aromatic heterocycles. The Balaban J connectivity index is 0.000000310. The number of benzene rings is 3. The monoisotopic (exact) mass is 497 g/mol. The summed E-state index contributed by atoms with van der Waals surface area (Å²) in [7, 11) is 0. The maximum atomic E-state index is 11.8. The van der Waals surface area contributed by atoms with Gasteiger partial charge in [0, 0.05) is 6.54 Å². The molecule has 0 fully saturated rings. The van der Waals surface area contributed by atoms with Crippen molar-refractivity contribution >= 4 is 47.0 Å². The molecule has 7 nitrogen and oxygen atoms in total. The van der Waals surface area contributed by atoms with Gasteiger partial charge < -0.3 is 11.1 Å². The summed E-state index contributed by atoms with van der Waals surface area (Å²) in [5.74, 6) is -0.0859. The minimum Gasteiger partial charge on any atom is -0.369 e. The lowest BCUT2D eigenvalue weighted by Gasteiger charge is -2.08. The van der Waals surface area contributed by atoms with E-state index in [1.54, 1.807) is 18.2 Å². The Morgan fingerprint density at radius 1 is 0.853 bits per heavy atom. The second kappa shape index (κ2) is 15.2. The van der Waals surface area contributed by atoms with Gasteiger partial charge in [0.1, 0.15) is 5.69 Å². The van der Waals surface area contributed by atoms with Crippen molar-refractivity contribution in [1.29, 1.82) is 0 Å². The molecule has 0 unspecified atom stereocenters. The molecule has 34 heavy (non-hydrogen) atoms. The highest BCUT2D eigenvalue weighted by atomic mass is 35.5. The lowest BCUT2D eigenvalue weighted by atomic mass is 10.1. The highest BCUT2D eigenvalue weighted by molar-refractivity contribution is 6.38. The largest absolute Gasteiger partial charge is 0.369 e. The lowest BCUT2D eigenvalue weighted by Crippen LogP contribution is -2.43. The highest BCUT2D eigenvalue weighted by Crippen LogP contribution is 2.32. The number of nitrogens with two attached hydrogens (primary N) is 1. The second-order valence-corrected chi connectivity index (χ2v) is 7.71. The molecule has 3 aromatic carbocycles. The molecular formula is C25H25Cl2N5O2. The summed E-state index contributed by atoms with van der Waals surface area (Å²) in [6.07, 6.45) is 3.05. The van der Waals surface area contributed by atoms with E-state index in [-0.39, 0.29) is 5.96 Å². The Morgan fingerprint density at radius 2 is 1.41 bits per heavy atom. The van der Waals surface area contributed by atoms with E-state index in [0.29, 0.717) is 28.8 Å². The Labute approximate surface area is 208 Å². The van der Waals surface area contributed by atoms with E-state index in [2.05, 4.69) is 20.6 Å². The summed E-state index contributed by atoms with van der Waals surface area (Å²) in [5, 5.41) is 5.84. The molecule has 3 aromatic rings. The molecule has 0 saturated heterocycles. The topological polar surface area (TPSA) is 109 Å². The Hall–Kier alpha value is -3.64. The number of urea groups is 1. The van der Waals surface area contributed by atoms with Crippen LogP contribution < -0.4 is 16.4 Å². The predicted molar refractivity (Wildman–Crippen MR) is 138 cm³/mol. The third kappa shape index (κ3) is 10.3. The van der Waals surface area contributed by atoms with Crippen LogP contribution in [0.1, 0.15) is 11.1 Å². The number of hydrogen-bond donors (Lipinski definition) is 3. The summed E-state index contributed by atoms with van der Waals surface area (Å²) in [6.45, 7) is 1.02. The molecule has 3 rings (SSSR count). The molecule has 0 spiro atoms. The standard InChI is InChI=1S/C16H16Cl2N4O.C9H9NO/c17-12-7-4-8-13(18)14(12)21-15(19)22-16(23)20-10-9-11-5-2-1-3-6-11;11-8-10-7-6-9-4-2-1-3-5-9/h1-8H,9-10H2,(H4,19,20,21,22,23);1-5H,6-7H2. The van der Waals surface area contributed by atoms with Gasteiger partial charge in [-0.2, -0.15) is 0 Å². The van der Waals surface area contributed by atoms with Crippen LogP contribution in [0.2, 0.25) is 10.0 Å². The van der Waals surface area contributed by atoms with Crippen LogP contribution in [0.5, 0.6) is 0 Å². The average Bonchev–Trinajstić information content (AvgIpc) is 2.83. The van der Waals surface area contributed by atoms with Crippen LogP contribution in [-0.2, 0) is 17.6 Å². The van der Waals surface area contributed by atoms with Crippen LogP contribution >= 0.6 is 23.2 Å². The fourth-order valence-electron chi connectivity index (χ4n) is 2.75. The summed E-state index contributed by atoms with van der Waals surface area (Å²) >= 11 is 12.0. The number of para-hydroxylation sites is 1. The maximum absolute atomic E-state index is 11.8. The summed E-state index contributed by atoms with van der Waals surface area (Å²) in [6, 6.07) is 24.3. The number of guanidine groups is 1. The molecule has 176 valence electrons. The maximum Gasteiger partial charge on any atom is 0.321 e. The SMILES string of the molecule is NC(=Nc1c(Cl)cccc1Cl)NC(=O)NCCc1ccccc1.O=C=NCCc1ccccc1. The van der Waals surface area contributed by atoms with Crippen molar-refractivity contribution in [2.45, 2.75) is 12.8 Å². The van der Waals surface area contributed by atoms with Gasteiger partial charge >= 0.3 is 6.03 Å². The summed E-state index contributed by atoms with van der Waals surface area (Å²) < 4.78 is 0. The smallest absolute Gasteiger partial charge is 0.321 e. The molecule has 9 heteroatoms. The first kappa shape index (κ1) is 26.6. The second-order valence-electron chi connectivity index (χ2n) is 6.89. The summed E-state index contributed by atoms with van der Waals surface area (Å²) in [5.41, 5.74) is 8.34. The van der Waals surface area contributed by atoms with Crippen molar-refractivity contribution in [1.82, 2.24) is 10.6 Å². The van der Waals surface area contributed by atoms with E-state index in [0.717, 1.165) is 18.4 Å². The van der Waals surface area contributed by atoms with Crippen LogP contribution in [0.25, 0.3) is 0 Å². The van der Waals surface area contributed by atoms with Gasteiger partial charge in [-0.1, -0.05) is 89.9 Å². The highest BCUT2D eigenvalue weighted by Gasteiger charge is 2.07. The van der Waals surface area contributed by atoms with Crippen molar-refractivity contribution in [3.8, 4) is 0 Å². The number of nitrogens with zero attached hydrogens (tertiary/aromatic N) is 2. The number of hydrogen-bond acceptors (Lipinski definition) is 4. The quantitative estimate of drug-likeness (QED) is 0.241. The first-order valence-corrected chi connectivity index (χ1v) is 11.2. The predicted octanol–water partition coefficient (Wildman–Crippen LogP) is 5.05. The van der Waals surface area contributed by atoms with E-state index < -0.39 is 6.03 Å². The van der Waals surface area contributed by atoms with Crippen LogP contribution in [0, 0.1) is 0 Å². The summed E-state index contributed by atoms with van der Waals surface area (Å²) in [4.78, 5) is 28.9. The number of carbonyl (C=O) groups excluding carboxylic acids is 2. The number of rotatable bonds is 7. The molecule has 0 aliphatic carbocycles. The van der Waals surface area contributed by atoms with E-state index in [1.807, 2.05) is 60.7 Å². The first-order chi connectivity index (χ1) is 16.5. The van der Waals surface area contributed by atoms with Gasteiger partial charge in [-0.15, -0.1) is 0 Å². The molecule has 0 aliphatic rings. The number of nitrogens with one attached hydrogen (secondary N) is 2. The van der Waals surface area contributed by atoms with Crippen LogP contribution in [0.3, 0.4) is 0 Å². The minimum atomic E-state index is -0.439. The number of halogens is 2. The molecule has 0 radical (unpaired) electrons. The molecule has 0 atom stereocenters. The number of isocyanates is 1. The van der Waals surface area contributed by atoms with E-state index in [1.165, 1.54) is 11.6 Å². The van der Waals surface area contributed by atoms with Crippen LogP contribution in [0.4, 0.5) is 10.5 Å². The molecule has 0 saturated carbocycles. The number of amides is 2. The normalized spacial score (nSPS) is 10.4. The molecule has 4 N–H and O–H groups in total. The van der Waals surface area contributed by atoms with Crippen molar-refractivity contribution in [3.63, 3.8) is 0 Å². The van der Waals surface area contributed by atoms with Crippen molar-refractivity contribution in [2.24, 2.45) is 15.7 Å². The number of aliphatic imine (C=N–C) groups is 2.